The van der Waals surface area contributed by atoms with Gasteiger partial charge in [-0.2, -0.15) is 0 Å². The van der Waals surface area contributed by atoms with Crippen LogP contribution in [0.25, 0.3) is 0 Å². The number of nitrogens with zero attached hydrogens (tertiary/aromatic N) is 1. The number of rotatable bonds is 8. The number of likely N-dealkylation sites (N-methyl/N-ethyl adjacent to an activating group) is 1. The third-order valence-corrected chi connectivity index (χ3v) is 3.53. The van der Waals surface area contributed by atoms with Crippen LogP contribution in [-0.2, 0) is 11.3 Å². The van der Waals surface area contributed by atoms with E-state index in [1.54, 1.807) is 39.3 Å². The smallest absolute Gasteiger partial charge is 0.234 e. The lowest BCUT2D eigenvalue weighted by Crippen LogP contribution is -2.39. The summed E-state index contributed by atoms with van der Waals surface area (Å²) in [5, 5.41) is 0.540. The number of primary amides is 1. The van der Waals surface area contributed by atoms with Crippen molar-refractivity contribution in [1.82, 2.24) is 4.90 Å². The topological polar surface area (TPSA) is 64.8 Å². The third kappa shape index (κ3) is 4.65. The Bertz CT molecular complexity index is 520. The summed E-state index contributed by atoms with van der Waals surface area (Å²) in [7, 11) is 3.36. The highest BCUT2D eigenvalue weighted by atomic mass is 35.5. The van der Waals surface area contributed by atoms with E-state index in [-0.39, 0.29) is 11.9 Å². The van der Waals surface area contributed by atoms with Crippen LogP contribution in [0.5, 0.6) is 11.5 Å². The summed E-state index contributed by atoms with van der Waals surface area (Å²) < 4.78 is 10.8. The number of benzene rings is 1. The van der Waals surface area contributed by atoms with Crippen molar-refractivity contribution in [3.05, 3.63) is 35.4 Å². The molecule has 0 aromatic heterocycles. The van der Waals surface area contributed by atoms with E-state index in [0.717, 1.165) is 5.56 Å². The zero-order valence-electron chi connectivity index (χ0n) is 12.6. The summed E-state index contributed by atoms with van der Waals surface area (Å²) in [6, 6.07) is 3.11. The SMILES string of the molecule is C=CCOc1cc(Cl)c(CN(C)C(C)C(N)=O)cc1OC. The summed E-state index contributed by atoms with van der Waals surface area (Å²) in [5.41, 5.74) is 6.12. The van der Waals surface area contributed by atoms with Gasteiger partial charge in [0.2, 0.25) is 5.91 Å². The van der Waals surface area contributed by atoms with Crippen LogP contribution in [0.2, 0.25) is 5.02 Å². The molecule has 6 heteroatoms. The van der Waals surface area contributed by atoms with Crippen LogP contribution in [0.1, 0.15) is 12.5 Å². The van der Waals surface area contributed by atoms with Crippen LogP contribution >= 0.6 is 11.6 Å². The Hall–Kier alpha value is -1.72. The lowest BCUT2D eigenvalue weighted by atomic mass is 10.1. The van der Waals surface area contributed by atoms with Crippen molar-refractivity contribution < 1.29 is 14.3 Å². The fourth-order valence-corrected chi connectivity index (χ4v) is 1.96. The summed E-state index contributed by atoms with van der Waals surface area (Å²) in [6.45, 7) is 6.18. The summed E-state index contributed by atoms with van der Waals surface area (Å²) >= 11 is 6.26. The molecule has 21 heavy (non-hydrogen) atoms. The van der Waals surface area contributed by atoms with Gasteiger partial charge in [-0.15, -0.1) is 0 Å². The predicted molar refractivity (Wildman–Crippen MR) is 83.8 cm³/mol. The number of hydrogen-bond donors (Lipinski definition) is 1. The van der Waals surface area contributed by atoms with E-state index >= 15 is 0 Å². The summed E-state index contributed by atoms with van der Waals surface area (Å²) in [5.74, 6) is 0.750. The number of carbonyl (C=O) groups excluding carboxylic acids is 1. The fraction of sp³-hybridized carbons (Fsp3) is 0.400. The molecule has 116 valence electrons. The van der Waals surface area contributed by atoms with E-state index in [1.165, 1.54) is 0 Å². The average Bonchev–Trinajstić information content (AvgIpc) is 2.46. The average molecular weight is 313 g/mol. The zero-order valence-corrected chi connectivity index (χ0v) is 13.3. The first-order valence-electron chi connectivity index (χ1n) is 6.50. The van der Waals surface area contributed by atoms with E-state index < -0.39 is 0 Å². The van der Waals surface area contributed by atoms with Gasteiger partial charge in [0, 0.05) is 17.6 Å². The predicted octanol–water partition coefficient (Wildman–Crippen LogP) is 2.22. The molecule has 0 bridgehead atoms. The first kappa shape index (κ1) is 17.3. The number of halogens is 1. The Morgan fingerprint density at radius 3 is 2.71 bits per heavy atom. The van der Waals surface area contributed by atoms with Gasteiger partial charge in [-0.05, 0) is 25.6 Å². The quantitative estimate of drug-likeness (QED) is 0.748. The molecule has 0 spiro atoms. The lowest BCUT2D eigenvalue weighted by molar-refractivity contribution is -0.122. The molecule has 0 radical (unpaired) electrons. The molecule has 2 N–H and O–H groups in total. The number of methoxy groups -OCH3 is 1. The lowest BCUT2D eigenvalue weighted by Gasteiger charge is -2.23. The molecule has 0 aliphatic carbocycles. The second-order valence-corrected chi connectivity index (χ2v) is 5.09. The molecule has 0 saturated heterocycles. The molecule has 1 rings (SSSR count). The molecule has 1 atom stereocenters. The highest BCUT2D eigenvalue weighted by molar-refractivity contribution is 6.31. The van der Waals surface area contributed by atoms with E-state index in [9.17, 15) is 4.79 Å². The molecule has 0 aliphatic heterocycles. The van der Waals surface area contributed by atoms with Crippen molar-refractivity contribution >= 4 is 17.5 Å². The maximum atomic E-state index is 11.2. The number of ether oxygens (including phenoxy) is 2. The van der Waals surface area contributed by atoms with Crippen LogP contribution in [-0.4, -0.2) is 37.6 Å². The molecule has 1 amide bonds. The van der Waals surface area contributed by atoms with Gasteiger partial charge in [0.1, 0.15) is 6.61 Å². The first-order chi connectivity index (χ1) is 9.90. The maximum absolute atomic E-state index is 11.2. The van der Waals surface area contributed by atoms with Gasteiger partial charge in [0.05, 0.1) is 13.2 Å². The zero-order chi connectivity index (χ0) is 16.0. The van der Waals surface area contributed by atoms with Crippen molar-refractivity contribution in [1.29, 1.82) is 0 Å². The molecule has 0 saturated carbocycles. The molecule has 1 unspecified atom stereocenters. The van der Waals surface area contributed by atoms with Crippen molar-refractivity contribution in [3.8, 4) is 11.5 Å². The molecular weight excluding hydrogens is 292 g/mol. The van der Waals surface area contributed by atoms with Crippen LogP contribution in [0.15, 0.2) is 24.8 Å². The highest BCUT2D eigenvalue weighted by Crippen LogP contribution is 2.34. The van der Waals surface area contributed by atoms with Crippen molar-refractivity contribution in [2.45, 2.75) is 19.5 Å². The normalized spacial score (nSPS) is 12.0. The molecule has 1 aromatic rings. The summed E-state index contributed by atoms with van der Waals surface area (Å²) in [4.78, 5) is 13.0. The molecule has 0 heterocycles. The standard InChI is InChI=1S/C15H21ClN2O3/c1-5-6-21-14-8-12(16)11(7-13(14)20-4)9-18(3)10(2)15(17)19/h5,7-8,10H,1,6,9H2,2-4H3,(H2,17,19). The Morgan fingerprint density at radius 1 is 1.52 bits per heavy atom. The monoisotopic (exact) mass is 312 g/mol. The minimum Gasteiger partial charge on any atom is -0.493 e. The molecule has 0 aliphatic rings. The number of amides is 1. The van der Waals surface area contributed by atoms with Gasteiger partial charge in [-0.25, -0.2) is 0 Å². The van der Waals surface area contributed by atoms with Crippen LogP contribution in [0, 0.1) is 0 Å². The van der Waals surface area contributed by atoms with E-state index in [0.29, 0.717) is 29.7 Å². The highest BCUT2D eigenvalue weighted by Gasteiger charge is 2.18. The minimum atomic E-state index is -0.385. The van der Waals surface area contributed by atoms with Gasteiger partial charge in [0.25, 0.3) is 0 Å². The molecule has 0 fully saturated rings. The molecule has 5 nitrogen and oxygen atoms in total. The minimum absolute atomic E-state index is 0.366. The Morgan fingerprint density at radius 2 is 2.19 bits per heavy atom. The number of carbonyl (C=O) groups is 1. The number of hydrogen-bond acceptors (Lipinski definition) is 4. The van der Waals surface area contributed by atoms with Crippen LogP contribution < -0.4 is 15.2 Å². The van der Waals surface area contributed by atoms with E-state index in [2.05, 4.69) is 6.58 Å². The van der Waals surface area contributed by atoms with Crippen molar-refractivity contribution in [2.24, 2.45) is 5.73 Å². The van der Waals surface area contributed by atoms with Gasteiger partial charge in [-0.3, -0.25) is 9.69 Å². The molecular formula is C15H21ClN2O3. The largest absolute Gasteiger partial charge is 0.493 e. The number of nitrogens with two attached hydrogens (primary N) is 1. The fourth-order valence-electron chi connectivity index (χ4n) is 1.74. The van der Waals surface area contributed by atoms with E-state index in [4.69, 9.17) is 26.8 Å². The van der Waals surface area contributed by atoms with Gasteiger partial charge < -0.3 is 15.2 Å². The van der Waals surface area contributed by atoms with Gasteiger partial charge in [0.15, 0.2) is 11.5 Å². The summed E-state index contributed by atoms with van der Waals surface area (Å²) in [6.07, 6.45) is 1.64. The second-order valence-electron chi connectivity index (χ2n) is 4.69. The van der Waals surface area contributed by atoms with Gasteiger partial charge in [-0.1, -0.05) is 24.3 Å². The molecule has 1 aromatic carbocycles. The van der Waals surface area contributed by atoms with Crippen LogP contribution in [0.3, 0.4) is 0 Å². The van der Waals surface area contributed by atoms with Gasteiger partial charge >= 0.3 is 0 Å². The second kappa shape index (κ2) is 7.90. The maximum Gasteiger partial charge on any atom is 0.234 e. The third-order valence-electron chi connectivity index (χ3n) is 3.18. The Labute approximate surface area is 130 Å². The van der Waals surface area contributed by atoms with Crippen molar-refractivity contribution in [2.75, 3.05) is 20.8 Å². The Balaban J connectivity index is 2.98. The van der Waals surface area contributed by atoms with E-state index in [1.807, 2.05) is 4.90 Å². The van der Waals surface area contributed by atoms with Crippen LogP contribution in [0.4, 0.5) is 0 Å². The first-order valence-corrected chi connectivity index (χ1v) is 6.88. The van der Waals surface area contributed by atoms with Crippen molar-refractivity contribution in [3.63, 3.8) is 0 Å². The Kier molecular flexibility index (Phi) is 6.52.